The summed E-state index contributed by atoms with van der Waals surface area (Å²) in [4.78, 5) is 12.0. The minimum Gasteiger partial charge on any atom is -0.362 e. The second-order valence-corrected chi connectivity index (χ2v) is 5.26. The number of halogens is 3. The molecule has 0 radical (unpaired) electrons. The highest BCUT2D eigenvalue weighted by Crippen LogP contribution is 2.21. The maximum Gasteiger partial charge on any atom is 0.188 e. The molecule has 0 atom stereocenters. The number of hydrogen-bond acceptors (Lipinski definition) is 2. The lowest BCUT2D eigenvalue weighted by Gasteiger charge is -2.02. The van der Waals surface area contributed by atoms with Crippen molar-refractivity contribution < 1.29 is 4.79 Å². The Balaban J connectivity index is 2.06. The lowest BCUT2D eigenvalue weighted by Crippen LogP contribution is -1.97. The smallest absolute Gasteiger partial charge is 0.188 e. The fourth-order valence-electron chi connectivity index (χ4n) is 1.57. The number of allylic oxidation sites excluding steroid dienone is 1. The first-order valence-corrected chi connectivity index (χ1v) is 6.88. The van der Waals surface area contributed by atoms with Gasteiger partial charge in [-0.3, -0.25) is 4.79 Å². The fraction of sp³-hybridized carbons (Fsp3) is 0. The Hall–Kier alpha value is -1.48. The summed E-state index contributed by atoms with van der Waals surface area (Å²) in [6, 6.07) is 11.9. The lowest BCUT2D eigenvalue weighted by atomic mass is 10.1. The minimum atomic E-state index is -0.207. The van der Waals surface area contributed by atoms with Crippen LogP contribution in [-0.2, 0) is 0 Å². The van der Waals surface area contributed by atoms with Crippen LogP contribution < -0.4 is 5.32 Å². The molecule has 0 aliphatic heterocycles. The quantitative estimate of drug-likeness (QED) is 0.597. The second-order valence-electron chi connectivity index (χ2n) is 3.98. The molecule has 0 amide bonds. The van der Waals surface area contributed by atoms with E-state index >= 15 is 0 Å². The molecule has 0 aliphatic rings. The van der Waals surface area contributed by atoms with Gasteiger partial charge in [-0.1, -0.05) is 40.9 Å². The lowest BCUT2D eigenvalue weighted by molar-refractivity contribution is 0.104. The van der Waals surface area contributed by atoms with Crippen molar-refractivity contribution in [2.45, 2.75) is 0 Å². The summed E-state index contributed by atoms with van der Waals surface area (Å²) in [7, 11) is 0. The van der Waals surface area contributed by atoms with Gasteiger partial charge in [-0.05, 0) is 36.4 Å². The number of hydrogen-bond donors (Lipinski definition) is 1. The first kappa shape index (κ1) is 14.9. The van der Waals surface area contributed by atoms with E-state index in [1.54, 1.807) is 30.5 Å². The predicted molar refractivity (Wildman–Crippen MR) is 85.0 cm³/mol. The summed E-state index contributed by atoms with van der Waals surface area (Å²) in [5.74, 6) is -0.207. The molecule has 1 N–H and O–H groups in total. The molecule has 2 aromatic carbocycles. The highest BCUT2D eigenvalue weighted by Gasteiger charge is 2.07. The molecule has 0 aliphatic carbocycles. The van der Waals surface area contributed by atoms with Crippen molar-refractivity contribution in [1.29, 1.82) is 0 Å². The highest BCUT2D eigenvalue weighted by molar-refractivity contribution is 6.37. The zero-order chi connectivity index (χ0) is 14.5. The zero-order valence-electron chi connectivity index (χ0n) is 10.2. The zero-order valence-corrected chi connectivity index (χ0v) is 12.5. The number of benzene rings is 2. The average Bonchev–Trinajstić information content (AvgIpc) is 2.38. The van der Waals surface area contributed by atoms with Crippen molar-refractivity contribution in [3.8, 4) is 0 Å². The summed E-state index contributed by atoms with van der Waals surface area (Å²) in [5.41, 5.74) is 1.20. The van der Waals surface area contributed by atoms with Crippen LogP contribution in [0.3, 0.4) is 0 Å². The van der Waals surface area contributed by atoms with Crippen LogP contribution in [0.1, 0.15) is 10.4 Å². The maximum absolute atomic E-state index is 12.0. The number of carbonyl (C=O) groups excluding carboxylic acids is 1. The Kier molecular flexibility index (Phi) is 5.07. The van der Waals surface area contributed by atoms with Crippen LogP contribution in [0.15, 0.2) is 54.7 Å². The molecule has 0 spiro atoms. The van der Waals surface area contributed by atoms with Crippen LogP contribution in [0.2, 0.25) is 15.1 Å². The Morgan fingerprint density at radius 1 is 1.00 bits per heavy atom. The minimum absolute atomic E-state index is 0.207. The Bertz CT molecular complexity index is 668. The van der Waals surface area contributed by atoms with Gasteiger partial charge < -0.3 is 5.32 Å². The second kappa shape index (κ2) is 6.80. The van der Waals surface area contributed by atoms with Crippen molar-refractivity contribution in [3.63, 3.8) is 0 Å². The van der Waals surface area contributed by atoms with Gasteiger partial charge in [0.15, 0.2) is 5.78 Å². The van der Waals surface area contributed by atoms with Gasteiger partial charge in [0, 0.05) is 33.6 Å². The van der Waals surface area contributed by atoms with E-state index in [0.29, 0.717) is 20.6 Å². The Morgan fingerprint density at radius 2 is 1.75 bits per heavy atom. The maximum atomic E-state index is 12.0. The molecular weight excluding hydrogens is 317 g/mol. The fourth-order valence-corrected chi connectivity index (χ4v) is 2.26. The van der Waals surface area contributed by atoms with Crippen LogP contribution in [0.25, 0.3) is 0 Å². The molecule has 2 aromatic rings. The van der Waals surface area contributed by atoms with Crippen molar-refractivity contribution >= 4 is 46.3 Å². The van der Waals surface area contributed by atoms with Gasteiger partial charge in [0.2, 0.25) is 0 Å². The van der Waals surface area contributed by atoms with Crippen molar-refractivity contribution in [2.75, 3.05) is 5.32 Å². The summed E-state index contributed by atoms with van der Waals surface area (Å²) < 4.78 is 0. The molecule has 0 fully saturated rings. The third kappa shape index (κ3) is 4.01. The summed E-state index contributed by atoms with van der Waals surface area (Å²) >= 11 is 17.6. The summed E-state index contributed by atoms with van der Waals surface area (Å²) in [6.07, 6.45) is 2.94. The van der Waals surface area contributed by atoms with Gasteiger partial charge in [0.05, 0.1) is 5.02 Å². The first-order valence-electron chi connectivity index (χ1n) is 5.74. The van der Waals surface area contributed by atoms with E-state index < -0.39 is 0 Å². The van der Waals surface area contributed by atoms with Gasteiger partial charge in [-0.2, -0.15) is 0 Å². The largest absolute Gasteiger partial charge is 0.362 e. The van der Waals surface area contributed by atoms with Gasteiger partial charge in [-0.25, -0.2) is 0 Å². The van der Waals surface area contributed by atoms with E-state index in [0.717, 1.165) is 5.69 Å². The van der Waals surface area contributed by atoms with Crippen LogP contribution in [0, 0.1) is 0 Å². The molecule has 0 heterocycles. The first-order chi connectivity index (χ1) is 9.56. The van der Waals surface area contributed by atoms with Gasteiger partial charge in [0.25, 0.3) is 0 Å². The number of anilines is 1. The molecule has 2 nitrogen and oxygen atoms in total. The molecular formula is C15H10Cl3NO. The van der Waals surface area contributed by atoms with Crippen LogP contribution in [0.5, 0.6) is 0 Å². The van der Waals surface area contributed by atoms with E-state index in [2.05, 4.69) is 5.32 Å². The van der Waals surface area contributed by atoms with Crippen molar-refractivity contribution in [1.82, 2.24) is 0 Å². The molecule has 0 saturated heterocycles. The van der Waals surface area contributed by atoms with E-state index in [9.17, 15) is 4.79 Å². The van der Waals surface area contributed by atoms with E-state index in [-0.39, 0.29) is 5.78 Å². The van der Waals surface area contributed by atoms with E-state index in [1.807, 2.05) is 12.1 Å². The van der Waals surface area contributed by atoms with Crippen LogP contribution in [-0.4, -0.2) is 5.78 Å². The van der Waals surface area contributed by atoms with Crippen molar-refractivity contribution in [3.05, 3.63) is 75.4 Å². The number of ketones is 1. The molecule has 0 unspecified atom stereocenters. The molecule has 2 rings (SSSR count). The van der Waals surface area contributed by atoms with Gasteiger partial charge in [-0.15, -0.1) is 0 Å². The standard InChI is InChI=1S/C15H10Cl3NO/c16-10-2-1-3-12(8-10)19-7-6-15(20)13-5-4-11(17)9-14(13)18/h1-9,19H. The number of nitrogens with one attached hydrogen (secondary N) is 1. The number of carbonyl (C=O) groups is 1. The van der Waals surface area contributed by atoms with Crippen LogP contribution in [0.4, 0.5) is 5.69 Å². The third-order valence-corrected chi connectivity index (χ3v) is 3.29. The normalized spacial score (nSPS) is 10.8. The van der Waals surface area contributed by atoms with E-state index in [1.165, 1.54) is 12.1 Å². The summed E-state index contributed by atoms with van der Waals surface area (Å²) in [5, 5.41) is 4.40. The van der Waals surface area contributed by atoms with E-state index in [4.69, 9.17) is 34.8 Å². The Labute approximate surface area is 132 Å². The SMILES string of the molecule is O=C(C=CNc1cccc(Cl)c1)c1ccc(Cl)cc1Cl. The molecule has 20 heavy (non-hydrogen) atoms. The molecule has 0 bridgehead atoms. The van der Waals surface area contributed by atoms with Crippen molar-refractivity contribution in [2.24, 2.45) is 0 Å². The number of rotatable bonds is 4. The van der Waals surface area contributed by atoms with Gasteiger partial charge in [0.1, 0.15) is 0 Å². The predicted octanol–water partition coefficient (Wildman–Crippen LogP) is 5.46. The van der Waals surface area contributed by atoms with Crippen LogP contribution >= 0.6 is 34.8 Å². The van der Waals surface area contributed by atoms with Gasteiger partial charge >= 0.3 is 0 Å². The monoisotopic (exact) mass is 325 g/mol. The Morgan fingerprint density at radius 3 is 2.45 bits per heavy atom. The topological polar surface area (TPSA) is 29.1 Å². The average molecular weight is 327 g/mol. The third-order valence-electron chi connectivity index (χ3n) is 2.51. The molecule has 0 aromatic heterocycles. The highest BCUT2D eigenvalue weighted by atomic mass is 35.5. The molecule has 102 valence electrons. The molecule has 0 saturated carbocycles. The summed E-state index contributed by atoms with van der Waals surface area (Å²) in [6.45, 7) is 0. The molecule has 5 heteroatoms.